The molecule has 0 bridgehead atoms. The van der Waals surface area contributed by atoms with Crippen LogP contribution < -0.4 is 5.32 Å². The van der Waals surface area contributed by atoms with Crippen molar-refractivity contribution in [2.45, 2.75) is 13.0 Å². The van der Waals surface area contributed by atoms with Gasteiger partial charge in [-0.2, -0.15) is 5.10 Å². The van der Waals surface area contributed by atoms with Crippen LogP contribution in [0.3, 0.4) is 0 Å². The Balaban J connectivity index is 0.00000128. The fraction of sp³-hybridized carbons (Fsp3) is 0.250. The van der Waals surface area contributed by atoms with E-state index in [4.69, 9.17) is 0 Å². The van der Waals surface area contributed by atoms with Crippen LogP contribution in [0.1, 0.15) is 11.1 Å². The van der Waals surface area contributed by atoms with Crippen molar-refractivity contribution in [2.75, 3.05) is 6.54 Å². The van der Waals surface area contributed by atoms with Gasteiger partial charge in [-0.05, 0) is 24.1 Å². The Morgan fingerprint density at radius 3 is 2.62 bits per heavy atom. The molecule has 2 rings (SSSR count). The molecule has 1 aromatic heterocycles. The molecule has 0 aliphatic rings. The zero-order chi connectivity index (χ0) is 10.3. The molecule has 1 aromatic carbocycles. The van der Waals surface area contributed by atoms with Crippen molar-refractivity contribution in [3.05, 3.63) is 53.9 Å². The highest BCUT2D eigenvalue weighted by molar-refractivity contribution is 5.85. The number of rotatable bonds is 5. The van der Waals surface area contributed by atoms with Crippen molar-refractivity contribution in [1.82, 2.24) is 15.5 Å². The van der Waals surface area contributed by atoms with Gasteiger partial charge in [-0.1, -0.05) is 30.3 Å². The fourth-order valence-electron chi connectivity index (χ4n) is 1.48. The van der Waals surface area contributed by atoms with Crippen molar-refractivity contribution < 1.29 is 0 Å². The molecule has 16 heavy (non-hydrogen) atoms. The number of hydrogen-bond acceptors (Lipinski definition) is 2. The molecule has 0 aliphatic carbocycles. The van der Waals surface area contributed by atoms with Crippen LogP contribution in [0, 0.1) is 0 Å². The number of aromatic nitrogens is 2. The second kappa shape index (κ2) is 7.04. The van der Waals surface area contributed by atoms with Gasteiger partial charge in [-0.25, -0.2) is 0 Å². The smallest absolute Gasteiger partial charge is 0.0519 e. The lowest BCUT2D eigenvalue weighted by atomic mass is 10.2. The van der Waals surface area contributed by atoms with E-state index in [0.717, 1.165) is 19.5 Å². The van der Waals surface area contributed by atoms with Gasteiger partial charge in [0.25, 0.3) is 0 Å². The summed E-state index contributed by atoms with van der Waals surface area (Å²) in [6.07, 6.45) is 4.82. The maximum absolute atomic E-state index is 3.91. The second-order valence-electron chi connectivity index (χ2n) is 3.52. The predicted octanol–water partition coefficient (Wildman–Crippen LogP) is 2.16. The minimum absolute atomic E-state index is 0. The van der Waals surface area contributed by atoms with E-state index in [9.17, 15) is 0 Å². The fourth-order valence-corrected chi connectivity index (χ4v) is 1.48. The normalized spacial score (nSPS) is 9.75. The Morgan fingerprint density at radius 1 is 1.12 bits per heavy atom. The standard InChI is InChI=1S/C12H15N3.ClH/c1-2-4-11(5-3-1)8-13-7-6-12-9-14-15-10-12;/h1-5,9-10,13H,6-8H2,(H,14,15);1H. The molecule has 0 unspecified atom stereocenters. The van der Waals surface area contributed by atoms with Crippen molar-refractivity contribution in [1.29, 1.82) is 0 Å². The molecule has 2 N–H and O–H groups in total. The van der Waals surface area contributed by atoms with Gasteiger partial charge in [0.15, 0.2) is 0 Å². The predicted molar refractivity (Wildman–Crippen MR) is 67.7 cm³/mol. The van der Waals surface area contributed by atoms with Crippen LogP contribution in [0.2, 0.25) is 0 Å². The number of H-pyrrole nitrogens is 1. The summed E-state index contributed by atoms with van der Waals surface area (Å²) in [5, 5.41) is 10.1. The molecule has 0 amide bonds. The molecule has 0 saturated heterocycles. The van der Waals surface area contributed by atoms with Gasteiger partial charge in [0.05, 0.1) is 6.20 Å². The lowest BCUT2D eigenvalue weighted by molar-refractivity contribution is 0.687. The van der Waals surface area contributed by atoms with E-state index in [1.165, 1.54) is 11.1 Å². The molecule has 2 aromatic rings. The molecule has 0 saturated carbocycles. The lowest BCUT2D eigenvalue weighted by Crippen LogP contribution is -2.16. The number of aromatic amines is 1. The van der Waals surface area contributed by atoms with Gasteiger partial charge >= 0.3 is 0 Å². The summed E-state index contributed by atoms with van der Waals surface area (Å²) in [4.78, 5) is 0. The lowest BCUT2D eigenvalue weighted by Gasteiger charge is -2.03. The van der Waals surface area contributed by atoms with Gasteiger partial charge < -0.3 is 5.32 Å². The van der Waals surface area contributed by atoms with Crippen LogP contribution >= 0.6 is 12.4 Å². The molecule has 0 fully saturated rings. The van der Waals surface area contributed by atoms with Crippen LogP contribution in [0.5, 0.6) is 0 Å². The van der Waals surface area contributed by atoms with Gasteiger partial charge in [0.1, 0.15) is 0 Å². The molecule has 3 nitrogen and oxygen atoms in total. The highest BCUT2D eigenvalue weighted by Crippen LogP contribution is 1.98. The molecule has 86 valence electrons. The molecule has 0 aliphatic heterocycles. The molecular weight excluding hydrogens is 222 g/mol. The first-order chi connectivity index (χ1) is 7.45. The third kappa shape index (κ3) is 4.04. The average Bonchev–Trinajstić information content (AvgIpc) is 2.79. The second-order valence-corrected chi connectivity index (χ2v) is 3.52. The molecule has 0 radical (unpaired) electrons. The van der Waals surface area contributed by atoms with Gasteiger partial charge in [-0.15, -0.1) is 12.4 Å². The number of halogens is 1. The monoisotopic (exact) mass is 237 g/mol. The van der Waals surface area contributed by atoms with Crippen molar-refractivity contribution >= 4 is 12.4 Å². The summed E-state index contributed by atoms with van der Waals surface area (Å²) in [5.74, 6) is 0. The van der Waals surface area contributed by atoms with E-state index in [1.54, 1.807) is 0 Å². The Kier molecular flexibility index (Phi) is 5.61. The third-order valence-electron chi connectivity index (χ3n) is 2.32. The summed E-state index contributed by atoms with van der Waals surface area (Å²) in [5.41, 5.74) is 2.57. The topological polar surface area (TPSA) is 40.7 Å². The molecule has 1 heterocycles. The average molecular weight is 238 g/mol. The van der Waals surface area contributed by atoms with Gasteiger partial charge in [0.2, 0.25) is 0 Å². The van der Waals surface area contributed by atoms with E-state index in [0.29, 0.717) is 0 Å². The first kappa shape index (κ1) is 12.7. The molecule has 0 spiro atoms. The number of nitrogens with one attached hydrogen (secondary N) is 2. The largest absolute Gasteiger partial charge is 0.312 e. The summed E-state index contributed by atoms with van der Waals surface area (Å²) in [6.45, 7) is 1.91. The number of hydrogen-bond donors (Lipinski definition) is 2. The molecule has 4 heteroatoms. The Labute approximate surface area is 102 Å². The van der Waals surface area contributed by atoms with Gasteiger partial charge in [-0.3, -0.25) is 5.10 Å². The highest BCUT2D eigenvalue weighted by atomic mass is 35.5. The third-order valence-corrected chi connectivity index (χ3v) is 2.32. The molecule has 0 atom stereocenters. The summed E-state index contributed by atoms with van der Waals surface area (Å²) < 4.78 is 0. The van der Waals surface area contributed by atoms with Crippen molar-refractivity contribution in [3.8, 4) is 0 Å². The first-order valence-corrected chi connectivity index (χ1v) is 5.17. The summed E-state index contributed by atoms with van der Waals surface area (Å²) >= 11 is 0. The number of benzene rings is 1. The van der Waals surface area contributed by atoms with E-state index >= 15 is 0 Å². The van der Waals surface area contributed by atoms with E-state index in [1.807, 2.05) is 18.5 Å². The minimum Gasteiger partial charge on any atom is -0.312 e. The van der Waals surface area contributed by atoms with Crippen molar-refractivity contribution in [2.24, 2.45) is 0 Å². The minimum atomic E-state index is 0. The van der Waals surface area contributed by atoms with E-state index < -0.39 is 0 Å². The van der Waals surface area contributed by atoms with E-state index in [2.05, 4.69) is 39.8 Å². The Bertz CT molecular complexity index is 372. The van der Waals surface area contributed by atoms with Crippen LogP contribution in [0.4, 0.5) is 0 Å². The summed E-state index contributed by atoms with van der Waals surface area (Å²) in [7, 11) is 0. The zero-order valence-corrected chi connectivity index (χ0v) is 9.83. The van der Waals surface area contributed by atoms with Crippen molar-refractivity contribution in [3.63, 3.8) is 0 Å². The molecular formula is C12H16ClN3. The maximum Gasteiger partial charge on any atom is 0.0519 e. The highest BCUT2D eigenvalue weighted by Gasteiger charge is 1.94. The zero-order valence-electron chi connectivity index (χ0n) is 9.02. The maximum atomic E-state index is 3.91. The number of nitrogens with zero attached hydrogens (tertiary/aromatic N) is 1. The van der Waals surface area contributed by atoms with Gasteiger partial charge in [0, 0.05) is 12.7 Å². The Morgan fingerprint density at radius 2 is 1.94 bits per heavy atom. The van der Waals surface area contributed by atoms with Crippen LogP contribution in [-0.4, -0.2) is 16.7 Å². The van der Waals surface area contributed by atoms with Crippen LogP contribution in [0.15, 0.2) is 42.7 Å². The summed E-state index contributed by atoms with van der Waals surface area (Å²) in [6, 6.07) is 10.4. The Hall–Kier alpha value is -1.32. The first-order valence-electron chi connectivity index (χ1n) is 5.17. The van der Waals surface area contributed by atoms with Crippen LogP contribution in [-0.2, 0) is 13.0 Å². The quantitative estimate of drug-likeness (QED) is 0.783. The van der Waals surface area contributed by atoms with E-state index in [-0.39, 0.29) is 12.4 Å². The SMILES string of the molecule is Cl.c1ccc(CNCCc2cn[nH]c2)cc1. The van der Waals surface area contributed by atoms with Crippen LogP contribution in [0.25, 0.3) is 0 Å².